The van der Waals surface area contributed by atoms with Gasteiger partial charge in [-0.05, 0) is 40.9 Å². The predicted molar refractivity (Wildman–Crippen MR) is 77.7 cm³/mol. The summed E-state index contributed by atoms with van der Waals surface area (Å²) in [6.45, 7) is 1.56. The summed E-state index contributed by atoms with van der Waals surface area (Å²) in [5.74, 6) is 1.83. The molecule has 0 spiro atoms. The maximum absolute atomic E-state index is 6.38. The third-order valence-electron chi connectivity index (χ3n) is 3.58. The van der Waals surface area contributed by atoms with Crippen molar-refractivity contribution in [2.45, 2.75) is 18.9 Å². The van der Waals surface area contributed by atoms with Crippen LogP contribution in [0.1, 0.15) is 24.4 Å². The van der Waals surface area contributed by atoms with Crippen molar-refractivity contribution in [3.8, 4) is 11.5 Å². The molecule has 0 amide bonds. The Morgan fingerprint density at radius 1 is 1.37 bits per heavy atom. The van der Waals surface area contributed by atoms with E-state index >= 15 is 0 Å². The van der Waals surface area contributed by atoms with Gasteiger partial charge in [-0.15, -0.1) is 0 Å². The molecule has 0 aliphatic carbocycles. The summed E-state index contributed by atoms with van der Waals surface area (Å²) in [6, 6.07) is 3.80. The highest BCUT2D eigenvalue weighted by Gasteiger charge is 2.26. The van der Waals surface area contributed by atoms with Gasteiger partial charge in [-0.3, -0.25) is 0 Å². The zero-order valence-electron chi connectivity index (χ0n) is 11.3. The fourth-order valence-corrected chi connectivity index (χ4v) is 3.17. The number of rotatable bonds is 4. The number of halogens is 1. The Morgan fingerprint density at radius 2 is 2.16 bits per heavy atom. The standard InChI is InChI=1S/C14H20BrNO3/c1-17-11-6-5-10(14(18-2)12(11)15)13(16)9-4-3-7-19-8-9/h5-6,9,13H,3-4,7-8,16H2,1-2H3. The van der Waals surface area contributed by atoms with E-state index in [9.17, 15) is 0 Å². The van der Waals surface area contributed by atoms with E-state index in [1.807, 2.05) is 12.1 Å². The first kappa shape index (κ1) is 14.6. The summed E-state index contributed by atoms with van der Waals surface area (Å²) in [5, 5.41) is 0. The number of hydrogen-bond donors (Lipinski definition) is 1. The zero-order valence-corrected chi connectivity index (χ0v) is 12.9. The summed E-state index contributed by atoms with van der Waals surface area (Å²) >= 11 is 3.51. The lowest BCUT2D eigenvalue weighted by molar-refractivity contribution is 0.0444. The zero-order chi connectivity index (χ0) is 13.8. The molecule has 2 atom stereocenters. The molecule has 0 radical (unpaired) electrons. The third kappa shape index (κ3) is 3.04. The van der Waals surface area contributed by atoms with Crippen molar-refractivity contribution in [3.63, 3.8) is 0 Å². The molecule has 106 valence electrons. The SMILES string of the molecule is COc1ccc(C(N)C2CCCOC2)c(OC)c1Br. The highest BCUT2D eigenvalue weighted by molar-refractivity contribution is 9.10. The predicted octanol–water partition coefficient (Wildman–Crippen LogP) is 2.89. The van der Waals surface area contributed by atoms with Gasteiger partial charge in [0.25, 0.3) is 0 Å². The molecule has 0 bridgehead atoms. The molecule has 1 aromatic carbocycles. The molecule has 1 heterocycles. The van der Waals surface area contributed by atoms with Crippen LogP contribution in [0.3, 0.4) is 0 Å². The maximum Gasteiger partial charge on any atom is 0.141 e. The van der Waals surface area contributed by atoms with Crippen LogP contribution >= 0.6 is 15.9 Å². The molecule has 0 saturated carbocycles. The van der Waals surface area contributed by atoms with E-state index in [0.29, 0.717) is 12.5 Å². The second kappa shape index (κ2) is 6.59. The highest BCUT2D eigenvalue weighted by atomic mass is 79.9. The highest BCUT2D eigenvalue weighted by Crippen LogP contribution is 2.41. The fraction of sp³-hybridized carbons (Fsp3) is 0.571. The summed E-state index contributed by atoms with van der Waals surface area (Å²) in [7, 11) is 3.28. The van der Waals surface area contributed by atoms with Crippen LogP contribution in [-0.4, -0.2) is 27.4 Å². The minimum absolute atomic E-state index is 0.0857. The van der Waals surface area contributed by atoms with Gasteiger partial charge in [0.1, 0.15) is 16.0 Å². The average molecular weight is 330 g/mol. The van der Waals surface area contributed by atoms with E-state index in [4.69, 9.17) is 19.9 Å². The Morgan fingerprint density at radius 3 is 2.74 bits per heavy atom. The van der Waals surface area contributed by atoms with Crippen molar-refractivity contribution < 1.29 is 14.2 Å². The molecule has 19 heavy (non-hydrogen) atoms. The van der Waals surface area contributed by atoms with Crippen LogP contribution in [0, 0.1) is 5.92 Å². The maximum atomic E-state index is 6.38. The van der Waals surface area contributed by atoms with Crippen LogP contribution in [0.2, 0.25) is 0 Å². The van der Waals surface area contributed by atoms with Gasteiger partial charge in [-0.25, -0.2) is 0 Å². The van der Waals surface area contributed by atoms with Gasteiger partial charge >= 0.3 is 0 Å². The van der Waals surface area contributed by atoms with Gasteiger partial charge in [0.15, 0.2) is 0 Å². The average Bonchev–Trinajstić information content (AvgIpc) is 2.47. The second-order valence-electron chi connectivity index (χ2n) is 4.71. The van der Waals surface area contributed by atoms with Crippen molar-refractivity contribution in [1.82, 2.24) is 0 Å². The molecule has 1 fully saturated rings. The Kier molecular flexibility index (Phi) is 5.07. The summed E-state index contributed by atoms with van der Waals surface area (Å²) in [6.07, 6.45) is 2.16. The first-order valence-electron chi connectivity index (χ1n) is 6.42. The van der Waals surface area contributed by atoms with Gasteiger partial charge < -0.3 is 19.9 Å². The molecule has 1 saturated heterocycles. The summed E-state index contributed by atoms with van der Waals surface area (Å²) < 4.78 is 17.1. The summed E-state index contributed by atoms with van der Waals surface area (Å²) in [5.41, 5.74) is 7.38. The topological polar surface area (TPSA) is 53.7 Å². The van der Waals surface area contributed by atoms with E-state index in [1.54, 1.807) is 14.2 Å². The van der Waals surface area contributed by atoms with E-state index < -0.39 is 0 Å². The molecule has 2 unspecified atom stereocenters. The molecule has 2 N–H and O–H groups in total. The molecule has 1 aliphatic heterocycles. The van der Waals surface area contributed by atoms with Gasteiger partial charge in [0, 0.05) is 24.1 Å². The minimum Gasteiger partial charge on any atom is -0.495 e. The van der Waals surface area contributed by atoms with Crippen LogP contribution in [0.15, 0.2) is 16.6 Å². The largest absolute Gasteiger partial charge is 0.495 e. The normalized spacial score (nSPS) is 20.9. The Hall–Kier alpha value is -0.780. The number of methoxy groups -OCH3 is 2. The lowest BCUT2D eigenvalue weighted by Crippen LogP contribution is -2.29. The van der Waals surface area contributed by atoms with Gasteiger partial charge in [-0.2, -0.15) is 0 Å². The van der Waals surface area contributed by atoms with Crippen LogP contribution in [-0.2, 0) is 4.74 Å². The van der Waals surface area contributed by atoms with Crippen LogP contribution < -0.4 is 15.2 Å². The first-order valence-corrected chi connectivity index (χ1v) is 7.22. The molecular weight excluding hydrogens is 310 g/mol. The fourth-order valence-electron chi connectivity index (χ4n) is 2.48. The molecule has 5 heteroatoms. The first-order chi connectivity index (χ1) is 9.19. The van der Waals surface area contributed by atoms with Gasteiger partial charge in [-0.1, -0.05) is 0 Å². The minimum atomic E-state index is -0.0857. The van der Waals surface area contributed by atoms with Gasteiger partial charge in [0.05, 0.1) is 20.8 Å². The smallest absolute Gasteiger partial charge is 0.141 e. The number of nitrogens with two attached hydrogens (primary N) is 1. The molecular formula is C14H20BrNO3. The quantitative estimate of drug-likeness (QED) is 0.922. The van der Waals surface area contributed by atoms with Crippen molar-refractivity contribution in [2.75, 3.05) is 27.4 Å². The lowest BCUT2D eigenvalue weighted by atomic mass is 9.89. The monoisotopic (exact) mass is 329 g/mol. The molecule has 0 aromatic heterocycles. The van der Waals surface area contributed by atoms with Crippen LogP contribution in [0.25, 0.3) is 0 Å². The Balaban J connectivity index is 2.30. The number of benzene rings is 1. The van der Waals surface area contributed by atoms with E-state index in [0.717, 1.165) is 41.0 Å². The van der Waals surface area contributed by atoms with Crippen molar-refractivity contribution in [1.29, 1.82) is 0 Å². The third-order valence-corrected chi connectivity index (χ3v) is 4.33. The van der Waals surface area contributed by atoms with Crippen molar-refractivity contribution in [2.24, 2.45) is 11.7 Å². The second-order valence-corrected chi connectivity index (χ2v) is 5.50. The van der Waals surface area contributed by atoms with Gasteiger partial charge in [0.2, 0.25) is 0 Å². The van der Waals surface area contributed by atoms with Crippen molar-refractivity contribution in [3.05, 3.63) is 22.2 Å². The van der Waals surface area contributed by atoms with Crippen LogP contribution in [0.4, 0.5) is 0 Å². The summed E-state index contributed by atoms with van der Waals surface area (Å²) in [4.78, 5) is 0. The Bertz CT molecular complexity index is 433. The van der Waals surface area contributed by atoms with E-state index in [-0.39, 0.29) is 6.04 Å². The van der Waals surface area contributed by atoms with E-state index in [2.05, 4.69) is 15.9 Å². The van der Waals surface area contributed by atoms with E-state index in [1.165, 1.54) is 0 Å². The molecule has 2 rings (SSSR count). The molecule has 1 aliphatic rings. The Labute approximate surface area is 122 Å². The lowest BCUT2D eigenvalue weighted by Gasteiger charge is -2.29. The van der Waals surface area contributed by atoms with Crippen LogP contribution in [0.5, 0.6) is 11.5 Å². The number of ether oxygens (including phenoxy) is 3. The number of hydrogen-bond acceptors (Lipinski definition) is 4. The molecule has 1 aromatic rings. The molecule has 4 nitrogen and oxygen atoms in total. The van der Waals surface area contributed by atoms with Crippen molar-refractivity contribution >= 4 is 15.9 Å².